The van der Waals surface area contributed by atoms with Gasteiger partial charge in [-0.25, -0.2) is 4.68 Å². The molecule has 2 aromatic heterocycles. The molecule has 2 atom stereocenters. The minimum absolute atomic E-state index is 0.0599. The van der Waals surface area contributed by atoms with Crippen molar-refractivity contribution in [3.63, 3.8) is 0 Å². The molecule has 3 heterocycles. The molecule has 1 N–H and O–H groups in total. The van der Waals surface area contributed by atoms with Crippen LogP contribution in [-0.2, 0) is 24.2 Å². The molecule has 0 amide bonds. The molecule has 1 saturated heterocycles. The molecule has 0 aliphatic carbocycles. The molecule has 9 nitrogen and oxygen atoms in total. The summed E-state index contributed by atoms with van der Waals surface area (Å²) in [7, 11) is 0. The molecule has 1 aliphatic rings. The van der Waals surface area contributed by atoms with E-state index in [-0.39, 0.29) is 17.7 Å². The zero-order valence-electron chi connectivity index (χ0n) is 23.1. The van der Waals surface area contributed by atoms with Crippen LogP contribution in [0, 0.1) is 6.92 Å². The number of pyridine rings is 1. The number of nitrogens with one attached hydrogen (secondary N) is 1. The van der Waals surface area contributed by atoms with Crippen molar-refractivity contribution in [2.45, 2.75) is 71.7 Å². The smallest absolute Gasteiger partial charge is 0.252 e. The number of hydrogen-bond donors (Lipinski definition) is 1. The van der Waals surface area contributed by atoms with Gasteiger partial charge in [-0.15, -0.1) is 5.10 Å². The van der Waals surface area contributed by atoms with Crippen LogP contribution in [0.2, 0.25) is 0 Å². The lowest BCUT2D eigenvalue weighted by molar-refractivity contribution is 0.0893. The second-order valence-electron chi connectivity index (χ2n) is 10.2. The van der Waals surface area contributed by atoms with Crippen molar-refractivity contribution < 1.29 is 9.47 Å². The van der Waals surface area contributed by atoms with Gasteiger partial charge in [-0.05, 0) is 85.3 Å². The number of aryl methyl sites for hydroxylation is 1. The molecule has 4 aromatic rings. The van der Waals surface area contributed by atoms with E-state index in [1.165, 1.54) is 11.1 Å². The van der Waals surface area contributed by atoms with Gasteiger partial charge in [0.1, 0.15) is 5.75 Å². The van der Waals surface area contributed by atoms with Crippen LogP contribution in [-0.4, -0.2) is 56.0 Å². The Balaban J connectivity index is 1.47. The molecule has 0 unspecified atom stereocenters. The predicted molar refractivity (Wildman–Crippen MR) is 151 cm³/mol. The van der Waals surface area contributed by atoms with Crippen molar-refractivity contribution in [3.8, 4) is 5.75 Å². The van der Waals surface area contributed by atoms with E-state index in [1.54, 1.807) is 0 Å². The number of ether oxygens (including phenoxy) is 2. The Morgan fingerprint density at radius 1 is 1.18 bits per heavy atom. The Hall–Kier alpha value is -3.56. The van der Waals surface area contributed by atoms with Crippen LogP contribution in [0.4, 0.5) is 0 Å². The van der Waals surface area contributed by atoms with E-state index in [0.717, 1.165) is 61.3 Å². The highest BCUT2D eigenvalue weighted by molar-refractivity contribution is 5.80. The van der Waals surface area contributed by atoms with E-state index in [4.69, 9.17) is 9.47 Å². The molecule has 5 rings (SSSR count). The Bertz CT molecular complexity index is 1440. The zero-order valence-corrected chi connectivity index (χ0v) is 23.1. The molecule has 1 fully saturated rings. The number of aromatic nitrogens is 5. The number of fused-ring (bicyclic) bond motifs is 1. The molecule has 9 heteroatoms. The first-order valence-electron chi connectivity index (χ1n) is 14.0. The first kappa shape index (κ1) is 27.0. The first-order valence-corrected chi connectivity index (χ1v) is 14.0. The average molecular weight is 531 g/mol. The number of benzene rings is 2. The second-order valence-corrected chi connectivity index (χ2v) is 10.2. The molecule has 0 bridgehead atoms. The van der Waals surface area contributed by atoms with E-state index in [0.29, 0.717) is 25.3 Å². The molecule has 206 valence electrons. The Labute approximate surface area is 229 Å². The van der Waals surface area contributed by atoms with Gasteiger partial charge in [-0.2, -0.15) is 0 Å². The average Bonchev–Trinajstić information content (AvgIpc) is 3.62. The van der Waals surface area contributed by atoms with Gasteiger partial charge in [0.2, 0.25) is 0 Å². The molecular formula is C30H38N6O3. The van der Waals surface area contributed by atoms with Crippen LogP contribution >= 0.6 is 0 Å². The van der Waals surface area contributed by atoms with Gasteiger partial charge < -0.3 is 14.5 Å². The van der Waals surface area contributed by atoms with Crippen molar-refractivity contribution in [1.82, 2.24) is 30.1 Å². The Kier molecular flexibility index (Phi) is 8.68. The Morgan fingerprint density at radius 2 is 2.05 bits per heavy atom. The van der Waals surface area contributed by atoms with Gasteiger partial charge in [-0.1, -0.05) is 31.2 Å². The fourth-order valence-corrected chi connectivity index (χ4v) is 5.49. The number of hydrogen-bond acceptors (Lipinski definition) is 7. The van der Waals surface area contributed by atoms with Crippen molar-refractivity contribution >= 4 is 10.9 Å². The lowest BCUT2D eigenvalue weighted by atomic mass is 10.0. The molecule has 39 heavy (non-hydrogen) atoms. The maximum atomic E-state index is 13.2. The third-order valence-corrected chi connectivity index (χ3v) is 7.59. The van der Waals surface area contributed by atoms with E-state index in [2.05, 4.69) is 63.5 Å². The highest BCUT2D eigenvalue weighted by atomic mass is 16.5. The molecule has 0 spiro atoms. The highest BCUT2D eigenvalue weighted by Crippen LogP contribution is 2.27. The summed E-state index contributed by atoms with van der Waals surface area (Å²) in [6.45, 7) is 9.50. The highest BCUT2D eigenvalue weighted by Gasteiger charge is 2.27. The maximum absolute atomic E-state index is 13.2. The van der Waals surface area contributed by atoms with Crippen molar-refractivity contribution in [1.29, 1.82) is 0 Å². The van der Waals surface area contributed by atoms with Crippen molar-refractivity contribution in [2.24, 2.45) is 0 Å². The minimum atomic E-state index is -0.0821. The summed E-state index contributed by atoms with van der Waals surface area (Å²) in [5.41, 5.74) is 3.98. The van der Waals surface area contributed by atoms with Gasteiger partial charge in [-0.3, -0.25) is 9.69 Å². The molecule has 0 saturated carbocycles. The summed E-state index contributed by atoms with van der Waals surface area (Å²) in [5.74, 6) is 1.60. The lowest BCUT2D eigenvalue weighted by Gasteiger charge is -2.30. The summed E-state index contributed by atoms with van der Waals surface area (Å²) < 4.78 is 13.5. The van der Waals surface area contributed by atoms with Crippen LogP contribution in [0.5, 0.6) is 5.75 Å². The van der Waals surface area contributed by atoms with E-state index < -0.39 is 0 Å². The van der Waals surface area contributed by atoms with E-state index in [9.17, 15) is 4.79 Å². The second kappa shape index (κ2) is 12.5. The topological polar surface area (TPSA) is 98.2 Å². The van der Waals surface area contributed by atoms with Crippen molar-refractivity contribution in [3.05, 3.63) is 81.4 Å². The number of nitrogens with zero attached hydrogens (tertiary/aromatic N) is 5. The number of aromatic amines is 1. The number of rotatable bonds is 12. The fraction of sp³-hybridized carbons (Fsp3) is 0.467. The SMILES string of the molecule is CCOc1ccc2[nH]c(=O)c(CN(CCc3ccccc3C)[C@H](CC)c3nnnn3C[C@@H]3CCCO3)cc2c1. The van der Waals surface area contributed by atoms with Crippen molar-refractivity contribution in [2.75, 3.05) is 19.8 Å². The minimum Gasteiger partial charge on any atom is -0.494 e. The summed E-state index contributed by atoms with van der Waals surface area (Å²) in [6, 6.07) is 16.2. The zero-order chi connectivity index (χ0) is 27.2. The van der Waals surface area contributed by atoms with Gasteiger partial charge in [0.15, 0.2) is 5.82 Å². The third kappa shape index (κ3) is 6.37. The molecule has 2 aromatic carbocycles. The van der Waals surface area contributed by atoms with Crippen LogP contribution in [0.1, 0.15) is 61.7 Å². The normalized spacial score (nSPS) is 16.3. The fourth-order valence-electron chi connectivity index (χ4n) is 5.49. The van der Waals surface area contributed by atoms with E-state index in [1.807, 2.05) is 35.9 Å². The summed E-state index contributed by atoms with van der Waals surface area (Å²) in [6.07, 6.45) is 3.88. The largest absolute Gasteiger partial charge is 0.494 e. The Morgan fingerprint density at radius 3 is 2.82 bits per heavy atom. The van der Waals surface area contributed by atoms with E-state index >= 15 is 0 Å². The van der Waals surface area contributed by atoms with Gasteiger partial charge in [0, 0.05) is 36.2 Å². The predicted octanol–water partition coefficient (Wildman–Crippen LogP) is 4.60. The van der Waals surface area contributed by atoms with Crippen LogP contribution < -0.4 is 10.3 Å². The third-order valence-electron chi connectivity index (χ3n) is 7.59. The van der Waals surface area contributed by atoms with Gasteiger partial charge in [0.05, 0.1) is 25.3 Å². The number of tetrazole rings is 1. The monoisotopic (exact) mass is 530 g/mol. The molecule has 0 radical (unpaired) electrons. The first-order chi connectivity index (χ1) is 19.1. The summed E-state index contributed by atoms with van der Waals surface area (Å²) in [5, 5.41) is 13.8. The molecule has 1 aliphatic heterocycles. The van der Waals surface area contributed by atoms with Crippen LogP contribution in [0.15, 0.2) is 53.3 Å². The lowest BCUT2D eigenvalue weighted by Crippen LogP contribution is -2.35. The standard InChI is InChI=1S/C30H38N6O3/c1-4-28(29-32-33-34-36(29)20-26-11-8-16-39-26)35(15-14-22-10-7-6-9-21(22)3)19-24-17-23-18-25(38-5-2)12-13-27(23)31-30(24)37/h6-7,9-10,12-13,17-18,26,28H,4-5,8,11,14-16,19-20H2,1-3H3,(H,31,37)/t26-,28+/m0/s1. The summed E-state index contributed by atoms with van der Waals surface area (Å²) >= 11 is 0. The van der Waals surface area contributed by atoms with Gasteiger partial charge in [0.25, 0.3) is 5.56 Å². The number of H-pyrrole nitrogens is 1. The van der Waals surface area contributed by atoms with Crippen LogP contribution in [0.25, 0.3) is 10.9 Å². The summed E-state index contributed by atoms with van der Waals surface area (Å²) in [4.78, 5) is 18.6. The van der Waals surface area contributed by atoms with Gasteiger partial charge >= 0.3 is 0 Å². The van der Waals surface area contributed by atoms with Crippen LogP contribution in [0.3, 0.4) is 0 Å². The molecular weight excluding hydrogens is 492 g/mol. The maximum Gasteiger partial charge on any atom is 0.252 e. The quantitative estimate of drug-likeness (QED) is 0.286.